The zero-order valence-corrected chi connectivity index (χ0v) is 29.9. The molecular weight excluding hydrogens is 665 g/mol. The van der Waals surface area contributed by atoms with E-state index >= 15 is 0 Å². The summed E-state index contributed by atoms with van der Waals surface area (Å²) < 4.78 is 6.40. The Kier molecular flexibility index (Phi) is 6.40. The van der Waals surface area contributed by atoms with E-state index in [1.54, 1.807) is 0 Å². The number of rotatable bonds is 3. The Bertz CT molecular complexity index is 3330. The summed E-state index contributed by atoms with van der Waals surface area (Å²) in [7, 11) is 0. The number of hydrogen-bond donors (Lipinski definition) is 0. The third-order valence-corrected chi connectivity index (χ3v) is 11.8. The molecule has 11 aromatic carbocycles. The van der Waals surface area contributed by atoms with Crippen molar-refractivity contribution in [3.8, 4) is 56.0 Å². The van der Waals surface area contributed by atoms with Crippen LogP contribution in [0.25, 0.3) is 109 Å². The molecule has 1 aliphatic heterocycles. The molecule has 0 amide bonds. The predicted octanol–water partition coefficient (Wildman–Crippen LogP) is 15.4. The number of hydrogen-bond acceptors (Lipinski definition) is 1. The molecule has 1 heteroatoms. The monoisotopic (exact) mass is 696 g/mol. The summed E-state index contributed by atoms with van der Waals surface area (Å²) in [6.07, 6.45) is 0. The van der Waals surface area contributed by atoms with Gasteiger partial charge in [-0.15, -0.1) is 0 Å². The van der Waals surface area contributed by atoms with E-state index < -0.39 is 0 Å². The third-order valence-electron chi connectivity index (χ3n) is 11.8. The van der Waals surface area contributed by atoms with Crippen LogP contribution in [0.5, 0.6) is 11.5 Å². The van der Waals surface area contributed by atoms with Crippen molar-refractivity contribution in [3.05, 3.63) is 194 Å². The van der Waals surface area contributed by atoms with E-state index in [1.165, 1.54) is 104 Å². The molecular formula is C54H32O. The van der Waals surface area contributed by atoms with Crippen molar-refractivity contribution in [2.24, 2.45) is 0 Å². The largest absolute Gasteiger partial charge is 0.456 e. The molecule has 0 aromatic heterocycles. The van der Waals surface area contributed by atoms with Crippen molar-refractivity contribution < 1.29 is 4.74 Å². The molecule has 0 N–H and O–H groups in total. The Labute approximate surface area is 318 Å². The number of benzene rings is 11. The second kappa shape index (κ2) is 11.6. The number of ether oxygens (including phenoxy) is 1. The minimum absolute atomic E-state index is 0.910. The lowest BCUT2D eigenvalue weighted by molar-refractivity contribution is 0.487. The van der Waals surface area contributed by atoms with Crippen molar-refractivity contribution in [2.75, 3.05) is 0 Å². The average molecular weight is 697 g/mol. The summed E-state index contributed by atoms with van der Waals surface area (Å²) >= 11 is 0. The smallest absolute Gasteiger partial charge is 0.135 e. The van der Waals surface area contributed by atoms with Crippen LogP contribution >= 0.6 is 0 Å². The van der Waals surface area contributed by atoms with Crippen LogP contribution in [0.15, 0.2) is 194 Å². The molecule has 0 atom stereocenters. The second-order valence-electron chi connectivity index (χ2n) is 14.7. The molecule has 1 nitrogen and oxygen atoms in total. The van der Waals surface area contributed by atoms with Crippen molar-refractivity contribution in [1.82, 2.24) is 0 Å². The van der Waals surface area contributed by atoms with Gasteiger partial charge in [-0.05, 0) is 116 Å². The Morgan fingerprint density at radius 3 is 1.58 bits per heavy atom. The first kappa shape index (κ1) is 30.3. The highest BCUT2D eigenvalue weighted by Gasteiger charge is 2.22. The van der Waals surface area contributed by atoms with E-state index in [2.05, 4.69) is 188 Å². The molecule has 0 bridgehead atoms. The van der Waals surface area contributed by atoms with Crippen molar-refractivity contribution >= 4 is 64.6 Å². The maximum absolute atomic E-state index is 6.40. The van der Waals surface area contributed by atoms with Crippen LogP contribution < -0.4 is 4.74 Å². The minimum Gasteiger partial charge on any atom is -0.456 e. The number of fused-ring (bicyclic) bond motifs is 9. The lowest BCUT2D eigenvalue weighted by Crippen LogP contribution is -1.97. The van der Waals surface area contributed by atoms with Gasteiger partial charge in [0.25, 0.3) is 0 Å². The molecule has 0 spiro atoms. The molecule has 0 fully saturated rings. The van der Waals surface area contributed by atoms with Crippen molar-refractivity contribution in [1.29, 1.82) is 0 Å². The summed E-state index contributed by atoms with van der Waals surface area (Å²) in [5.74, 6) is 1.82. The van der Waals surface area contributed by atoms with Gasteiger partial charge in [0.05, 0.1) is 0 Å². The van der Waals surface area contributed by atoms with Crippen LogP contribution in [0.2, 0.25) is 0 Å². The lowest BCUT2D eigenvalue weighted by Gasteiger charge is -2.22. The molecule has 0 radical (unpaired) electrons. The molecule has 0 saturated carbocycles. The summed E-state index contributed by atoms with van der Waals surface area (Å²) in [6, 6.07) is 71.1. The van der Waals surface area contributed by atoms with Gasteiger partial charge in [0.15, 0.2) is 0 Å². The highest BCUT2D eigenvalue weighted by atomic mass is 16.5. The highest BCUT2D eigenvalue weighted by molar-refractivity contribution is 6.28. The molecule has 254 valence electrons. The Morgan fingerprint density at radius 1 is 0.255 bits per heavy atom. The average Bonchev–Trinajstić information content (AvgIpc) is 3.25. The van der Waals surface area contributed by atoms with Gasteiger partial charge in [-0.2, -0.15) is 0 Å². The third kappa shape index (κ3) is 4.41. The summed E-state index contributed by atoms with van der Waals surface area (Å²) in [5, 5.41) is 15.1. The van der Waals surface area contributed by atoms with Gasteiger partial charge in [-0.1, -0.05) is 176 Å². The van der Waals surface area contributed by atoms with Gasteiger partial charge in [-0.25, -0.2) is 0 Å². The molecule has 0 saturated heterocycles. The van der Waals surface area contributed by atoms with E-state index in [4.69, 9.17) is 4.74 Å². The van der Waals surface area contributed by atoms with Gasteiger partial charge in [0, 0.05) is 10.9 Å². The van der Waals surface area contributed by atoms with E-state index in [0.717, 1.165) is 17.1 Å². The zero-order valence-electron chi connectivity index (χ0n) is 29.9. The summed E-state index contributed by atoms with van der Waals surface area (Å²) in [5.41, 5.74) is 9.77. The molecule has 12 rings (SSSR count). The van der Waals surface area contributed by atoms with Crippen molar-refractivity contribution in [3.63, 3.8) is 0 Å². The number of para-hydroxylation sites is 1. The van der Waals surface area contributed by atoms with Crippen LogP contribution in [0.4, 0.5) is 0 Å². The van der Waals surface area contributed by atoms with Gasteiger partial charge in [0.1, 0.15) is 11.5 Å². The molecule has 55 heavy (non-hydrogen) atoms. The van der Waals surface area contributed by atoms with Gasteiger partial charge in [0.2, 0.25) is 0 Å². The van der Waals surface area contributed by atoms with Crippen molar-refractivity contribution in [2.45, 2.75) is 0 Å². The van der Waals surface area contributed by atoms with Gasteiger partial charge >= 0.3 is 0 Å². The standard InChI is InChI=1S/C54H32O/c1-2-13-38-33(12-1)26-29-36-32-48(39-14-3-4-16-42(39)52(36)38)53-46-19-7-5-17-44(46)51(45-18-6-8-20-47(45)53)35-27-24-34(25-28-35)37-30-31-50-54-41(37)21-11-22-43(54)40-15-9-10-23-49(40)55-50/h1-32H. The zero-order chi connectivity index (χ0) is 36.0. The Morgan fingerprint density at radius 2 is 0.818 bits per heavy atom. The maximum Gasteiger partial charge on any atom is 0.135 e. The van der Waals surface area contributed by atoms with Gasteiger partial charge < -0.3 is 4.74 Å². The first-order chi connectivity index (χ1) is 27.3. The first-order valence-electron chi connectivity index (χ1n) is 19.0. The highest BCUT2D eigenvalue weighted by Crippen LogP contribution is 2.50. The van der Waals surface area contributed by atoms with Gasteiger partial charge in [-0.3, -0.25) is 0 Å². The molecule has 11 aromatic rings. The van der Waals surface area contributed by atoms with Crippen LogP contribution in [0.3, 0.4) is 0 Å². The lowest BCUT2D eigenvalue weighted by atomic mass is 9.83. The Balaban J connectivity index is 1.07. The van der Waals surface area contributed by atoms with Crippen LogP contribution in [0, 0.1) is 0 Å². The molecule has 0 unspecified atom stereocenters. The van der Waals surface area contributed by atoms with Crippen LogP contribution in [-0.2, 0) is 0 Å². The van der Waals surface area contributed by atoms with E-state index in [-0.39, 0.29) is 0 Å². The summed E-state index contributed by atoms with van der Waals surface area (Å²) in [4.78, 5) is 0. The first-order valence-corrected chi connectivity index (χ1v) is 19.0. The topological polar surface area (TPSA) is 9.23 Å². The predicted molar refractivity (Wildman–Crippen MR) is 233 cm³/mol. The van der Waals surface area contributed by atoms with E-state index in [9.17, 15) is 0 Å². The normalized spacial score (nSPS) is 12.1. The SMILES string of the molecule is c1ccc2c(c1)Oc1ccc(-c3ccc(-c4c5ccccc5c(-c5cc6ccc7ccccc7c6c6ccccc56)c5ccccc45)cc3)c3cccc-2c13. The second-order valence-corrected chi connectivity index (χ2v) is 14.7. The minimum atomic E-state index is 0.910. The van der Waals surface area contributed by atoms with Crippen LogP contribution in [0.1, 0.15) is 0 Å². The quantitative estimate of drug-likeness (QED) is 0.132. The Hall–Kier alpha value is -7.22. The van der Waals surface area contributed by atoms with E-state index in [0.29, 0.717) is 0 Å². The fourth-order valence-electron chi connectivity index (χ4n) is 9.46. The fourth-order valence-corrected chi connectivity index (χ4v) is 9.46. The molecule has 1 heterocycles. The summed E-state index contributed by atoms with van der Waals surface area (Å²) in [6.45, 7) is 0. The van der Waals surface area contributed by atoms with Crippen LogP contribution in [-0.4, -0.2) is 0 Å². The molecule has 0 aliphatic carbocycles. The molecule has 1 aliphatic rings. The fraction of sp³-hybridized carbons (Fsp3) is 0. The maximum atomic E-state index is 6.40. The van der Waals surface area contributed by atoms with E-state index in [1.807, 2.05) is 6.07 Å².